The highest BCUT2D eigenvalue weighted by Crippen LogP contribution is 2.28. The third-order valence-electron chi connectivity index (χ3n) is 5.90. The number of carbonyl (C=O) groups is 1. The maximum Gasteiger partial charge on any atom is 0.324 e. The fourth-order valence-corrected chi connectivity index (χ4v) is 3.89. The van der Waals surface area contributed by atoms with E-state index < -0.39 is 6.03 Å². The van der Waals surface area contributed by atoms with E-state index in [0.717, 1.165) is 17.1 Å². The summed E-state index contributed by atoms with van der Waals surface area (Å²) in [6.45, 7) is 6.86. The molecule has 10 nitrogen and oxygen atoms in total. The fraction of sp³-hybridized carbons (Fsp3) is 0.276. The molecular weight excluding hydrogens is 496 g/mol. The third kappa shape index (κ3) is 7.34. The van der Waals surface area contributed by atoms with Crippen molar-refractivity contribution in [2.45, 2.75) is 26.2 Å². The zero-order valence-electron chi connectivity index (χ0n) is 22.3. The molecular formula is C29H34N6O4. The molecule has 10 heteroatoms. The number of hydrogen-bond donors (Lipinski definition) is 4. The van der Waals surface area contributed by atoms with Crippen LogP contribution in [0.25, 0.3) is 5.69 Å². The Morgan fingerprint density at radius 3 is 2.23 bits per heavy atom. The lowest BCUT2D eigenvalue weighted by atomic mass is 9.92. The molecule has 0 aliphatic heterocycles. The number of urea groups is 1. The number of rotatable bonds is 10. The van der Waals surface area contributed by atoms with Gasteiger partial charge in [-0.05, 0) is 54.6 Å². The minimum Gasteiger partial charge on any atom is -0.457 e. The van der Waals surface area contributed by atoms with Crippen molar-refractivity contribution < 1.29 is 19.7 Å². The Labute approximate surface area is 227 Å². The number of aliphatic hydroxyl groups excluding tert-OH is 2. The minimum absolute atomic E-state index is 0.0377. The molecule has 2 aromatic carbocycles. The lowest BCUT2D eigenvalue weighted by molar-refractivity contribution is 0.262. The number of nitrogens with zero attached hydrogens (tertiary/aromatic N) is 4. The van der Waals surface area contributed by atoms with Gasteiger partial charge in [-0.15, -0.1) is 0 Å². The number of benzene rings is 2. The van der Waals surface area contributed by atoms with Crippen LogP contribution in [0.3, 0.4) is 0 Å². The van der Waals surface area contributed by atoms with Gasteiger partial charge in [-0.2, -0.15) is 5.10 Å². The van der Waals surface area contributed by atoms with Gasteiger partial charge in [0.05, 0.1) is 24.6 Å². The van der Waals surface area contributed by atoms with E-state index in [9.17, 15) is 15.0 Å². The molecule has 0 spiro atoms. The van der Waals surface area contributed by atoms with Gasteiger partial charge in [-0.1, -0.05) is 26.8 Å². The molecule has 39 heavy (non-hydrogen) atoms. The SMILES string of the molecule is CC(C)(C)c1cc(NC(=O)Nc2ccc(Oc3ccncc3)cc2)n(-c2cccc(N(CCO)CCO)c2)n1. The number of aromatic nitrogens is 3. The molecule has 2 heterocycles. The van der Waals surface area contributed by atoms with Crippen molar-refractivity contribution >= 4 is 23.2 Å². The quantitative estimate of drug-likeness (QED) is 0.232. The zero-order valence-corrected chi connectivity index (χ0v) is 22.3. The highest BCUT2D eigenvalue weighted by molar-refractivity contribution is 5.99. The van der Waals surface area contributed by atoms with Crippen LogP contribution in [0.2, 0.25) is 0 Å². The first-order chi connectivity index (χ1) is 18.8. The van der Waals surface area contributed by atoms with Crippen LogP contribution in [0, 0.1) is 0 Å². The van der Waals surface area contributed by atoms with Gasteiger partial charge in [-0.25, -0.2) is 9.48 Å². The lowest BCUT2D eigenvalue weighted by Gasteiger charge is -2.23. The van der Waals surface area contributed by atoms with Gasteiger partial charge in [0.15, 0.2) is 0 Å². The van der Waals surface area contributed by atoms with Crippen molar-refractivity contribution in [2.24, 2.45) is 0 Å². The van der Waals surface area contributed by atoms with Gasteiger partial charge in [0.1, 0.15) is 17.3 Å². The monoisotopic (exact) mass is 530 g/mol. The number of carbonyl (C=O) groups excluding carboxylic acids is 1. The van der Waals surface area contributed by atoms with Gasteiger partial charge >= 0.3 is 6.03 Å². The van der Waals surface area contributed by atoms with E-state index in [-0.39, 0.29) is 18.6 Å². The molecule has 4 N–H and O–H groups in total. The summed E-state index contributed by atoms with van der Waals surface area (Å²) >= 11 is 0. The molecule has 0 fully saturated rings. The maximum atomic E-state index is 13.0. The summed E-state index contributed by atoms with van der Waals surface area (Å²) in [7, 11) is 0. The second-order valence-electron chi connectivity index (χ2n) is 9.92. The van der Waals surface area contributed by atoms with Crippen LogP contribution in [-0.2, 0) is 5.41 Å². The molecule has 0 saturated heterocycles. The highest BCUT2D eigenvalue weighted by atomic mass is 16.5. The summed E-state index contributed by atoms with van der Waals surface area (Å²) in [6.07, 6.45) is 3.31. The average Bonchev–Trinajstić information content (AvgIpc) is 3.35. The van der Waals surface area contributed by atoms with E-state index in [1.54, 1.807) is 53.5 Å². The first kappa shape index (κ1) is 27.6. The molecule has 0 bridgehead atoms. The van der Waals surface area contributed by atoms with E-state index >= 15 is 0 Å². The van der Waals surface area contributed by atoms with Crippen LogP contribution in [0.5, 0.6) is 11.5 Å². The highest BCUT2D eigenvalue weighted by Gasteiger charge is 2.22. The first-order valence-corrected chi connectivity index (χ1v) is 12.7. The Bertz CT molecular complexity index is 1360. The minimum atomic E-state index is -0.419. The second-order valence-corrected chi connectivity index (χ2v) is 9.92. The molecule has 0 radical (unpaired) electrons. The molecule has 0 aliphatic rings. The van der Waals surface area contributed by atoms with E-state index in [1.807, 2.05) is 35.2 Å². The number of anilines is 3. The van der Waals surface area contributed by atoms with Crippen LogP contribution in [0.1, 0.15) is 26.5 Å². The summed E-state index contributed by atoms with van der Waals surface area (Å²) < 4.78 is 7.46. The molecule has 204 valence electrons. The third-order valence-corrected chi connectivity index (χ3v) is 5.90. The molecule has 4 rings (SSSR count). The normalized spacial score (nSPS) is 11.2. The number of pyridine rings is 1. The van der Waals surface area contributed by atoms with Gasteiger partial charge in [-0.3, -0.25) is 10.3 Å². The van der Waals surface area contributed by atoms with Gasteiger partial charge < -0.3 is 25.2 Å². The van der Waals surface area contributed by atoms with Crippen LogP contribution in [0.4, 0.5) is 22.0 Å². The lowest BCUT2D eigenvalue weighted by Crippen LogP contribution is -2.29. The molecule has 2 amide bonds. The van der Waals surface area contributed by atoms with E-state index in [4.69, 9.17) is 9.84 Å². The van der Waals surface area contributed by atoms with Gasteiger partial charge in [0.25, 0.3) is 0 Å². The Balaban J connectivity index is 1.53. The van der Waals surface area contributed by atoms with Crippen molar-refractivity contribution in [1.82, 2.24) is 14.8 Å². The summed E-state index contributed by atoms with van der Waals surface area (Å²) in [5.74, 6) is 1.81. The van der Waals surface area contributed by atoms with Crippen LogP contribution < -0.4 is 20.3 Å². The molecule has 2 aromatic heterocycles. The Hall–Kier alpha value is -4.41. The summed E-state index contributed by atoms with van der Waals surface area (Å²) in [4.78, 5) is 18.8. The maximum absolute atomic E-state index is 13.0. The summed E-state index contributed by atoms with van der Waals surface area (Å²) in [5.41, 5.74) is 2.72. The Kier molecular flexibility index (Phi) is 8.80. The van der Waals surface area contributed by atoms with Gasteiger partial charge in [0.2, 0.25) is 0 Å². The van der Waals surface area contributed by atoms with Gasteiger partial charge in [0, 0.05) is 48.3 Å². The van der Waals surface area contributed by atoms with Crippen molar-refractivity contribution in [3.63, 3.8) is 0 Å². The predicted octanol–water partition coefficient (Wildman–Crippen LogP) is 4.79. The summed E-state index contributed by atoms with van der Waals surface area (Å²) in [6, 6.07) is 19.6. The average molecular weight is 531 g/mol. The number of hydrogen-bond acceptors (Lipinski definition) is 7. The van der Waals surface area contributed by atoms with E-state index in [1.165, 1.54) is 0 Å². The molecule has 4 aromatic rings. The molecule has 0 saturated carbocycles. The van der Waals surface area contributed by atoms with E-state index in [0.29, 0.717) is 36.1 Å². The largest absolute Gasteiger partial charge is 0.457 e. The Morgan fingerprint density at radius 2 is 1.59 bits per heavy atom. The van der Waals surface area contributed by atoms with Crippen LogP contribution >= 0.6 is 0 Å². The Morgan fingerprint density at radius 1 is 0.923 bits per heavy atom. The van der Waals surface area contributed by atoms with Crippen LogP contribution in [0.15, 0.2) is 79.1 Å². The predicted molar refractivity (Wildman–Crippen MR) is 152 cm³/mol. The van der Waals surface area contributed by atoms with Crippen LogP contribution in [-0.4, -0.2) is 57.3 Å². The van der Waals surface area contributed by atoms with Crippen molar-refractivity contribution in [3.05, 3.63) is 84.8 Å². The topological polar surface area (TPSA) is 125 Å². The number of ether oxygens (including phenoxy) is 1. The zero-order chi connectivity index (χ0) is 27.8. The molecule has 0 atom stereocenters. The van der Waals surface area contributed by atoms with Crippen molar-refractivity contribution in [2.75, 3.05) is 41.8 Å². The van der Waals surface area contributed by atoms with E-state index in [2.05, 4.69) is 36.4 Å². The van der Waals surface area contributed by atoms with Crippen molar-refractivity contribution in [3.8, 4) is 17.2 Å². The smallest absolute Gasteiger partial charge is 0.324 e. The van der Waals surface area contributed by atoms with Crippen molar-refractivity contribution in [1.29, 1.82) is 0 Å². The molecule has 0 aliphatic carbocycles. The second kappa shape index (κ2) is 12.4. The summed E-state index contributed by atoms with van der Waals surface area (Å²) in [5, 5.41) is 29.5. The number of amides is 2. The fourth-order valence-electron chi connectivity index (χ4n) is 3.89. The number of nitrogens with one attached hydrogen (secondary N) is 2. The number of aliphatic hydroxyl groups is 2. The standard InChI is InChI=1S/C29H34N6O4/c1-29(2,3)26-20-27(35(33-26)23-6-4-5-22(19-23)34(15-17-36)16-18-37)32-28(38)31-21-7-9-24(10-8-21)39-25-11-13-30-14-12-25/h4-14,19-20,36-37H,15-18H2,1-3H3,(H2,31,32,38). The molecule has 0 unspecified atom stereocenters. The first-order valence-electron chi connectivity index (χ1n) is 12.7.